The van der Waals surface area contributed by atoms with Crippen molar-refractivity contribution in [1.29, 1.82) is 0 Å². The number of aromatic nitrogens is 4. The van der Waals surface area contributed by atoms with Crippen molar-refractivity contribution in [3.05, 3.63) is 84.5 Å². The molecule has 5 rings (SSSR count). The third-order valence-corrected chi connectivity index (χ3v) is 5.19. The Morgan fingerprint density at radius 2 is 2.00 bits per heavy atom. The Labute approximate surface area is 185 Å². The smallest absolute Gasteiger partial charge is 0.161 e. The molecule has 158 valence electrons. The monoisotopic (exact) mass is 422 g/mol. The van der Waals surface area contributed by atoms with Crippen LogP contribution in [0.1, 0.15) is 12.5 Å². The van der Waals surface area contributed by atoms with Gasteiger partial charge in [0.15, 0.2) is 5.82 Å². The number of aliphatic imine (C=N–C) groups is 1. The number of anilines is 2. The maximum Gasteiger partial charge on any atom is 0.161 e. The summed E-state index contributed by atoms with van der Waals surface area (Å²) in [6, 6.07) is 13.9. The molecule has 0 saturated carbocycles. The summed E-state index contributed by atoms with van der Waals surface area (Å²) in [5, 5.41) is 11.4. The summed E-state index contributed by atoms with van der Waals surface area (Å²) in [5.74, 6) is 1.38. The van der Waals surface area contributed by atoms with Crippen LogP contribution >= 0.6 is 0 Å². The molecule has 32 heavy (non-hydrogen) atoms. The van der Waals surface area contributed by atoms with Crippen LogP contribution < -0.4 is 16.2 Å². The second-order valence-electron chi connectivity index (χ2n) is 7.48. The third-order valence-electron chi connectivity index (χ3n) is 5.19. The molecule has 0 fully saturated rings. The fourth-order valence-corrected chi connectivity index (χ4v) is 3.47. The standard InChI is InChI=1S/C24H22N8/c1-15-11-17(3-5-21(15)29-16(2)18-7-10-26-27-13-18)24-25-9-8-23(31-24)30-20-4-6-22-19(12-20)14-28-32-22/h3-14,26-27H,1-2H3,(H,28,32)(H,25,30,31)/b29-16+. The summed E-state index contributed by atoms with van der Waals surface area (Å²) in [4.78, 5) is 13.9. The van der Waals surface area contributed by atoms with E-state index in [1.807, 2.05) is 68.7 Å². The van der Waals surface area contributed by atoms with Gasteiger partial charge in [-0.2, -0.15) is 5.10 Å². The van der Waals surface area contributed by atoms with E-state index in [0.29, 0.717) is 5.82 Å². The first-order valence-electron chi connectivity index (χ1n) is 10.2. The predicted molar refractivity (Wildman–Crippen MR) is 128 cm³/mol. The summed E-state index contributed by atoms with van der Waals surface area (Å²) in [5.41, 5.74) is 12.7. The van der Waals surface area contributed by atoms with E-state index in [1.165, 1.54) is 0 Å². The van der Waals surface area contributed by atoms with Crippen molar-refractivity contribution < 1.29 is 0 Å². The lowest BCUT2D eigenvalue weighted by molar-refractivity contribution is 0.763. The molecule has 1 aliphatic rings. The topological polar surface area (TPSA) is 103 Å². The largest absolute Gasteiger partial charge is 0.340 e. The van der Waals surface area contributed by atoms with Crippen LogP contribution in [0.3, 0.4) is 0 Å². The summed E-state index contributed by atoms with van der Waals surface area (Å²) in [7, 11) is 0. The molecule has 8 nitrogen and oxygen atoms in total. The van der Waals surface area contributed by atoms with Gasteiger partial charge in [-0.05, 0) is 68.0 Å². The number of hydrogen-bond donors (Lipinski definition) is 4. The van der Waals surface area contributed by atoms with Crippen LogP contribution in [-0.2, 0) is 0 Å². The number of nitrogens with one attached hydrogen (secondary N) is 4. The van der Waals surface area contributed by atoms with Crippen LogP contribution in [0.25, 0.3) is 22.3 Å². The van der Waals surface area contributed by atoms with E-state index >= 15 is 0 Å². The van der Waals surface area contributed by atoms with Crippen LogP contribution in [0.2, 0.25) is 0 Å². The van der Waals surface area contributed by atoms with Crippen molar-refractivity contribution in [2.24, 2.45) is 4.99 Å². The van der Waals surface area contributed by atoms with Crippen LogP contribution in [0, 0.1) is 6.92 Å². The highest BCUT2D eigenvalue weighted by atomic mass is 15.3. The van der Waals surface area contributed by atoms with E-state index in [0.717, 1.165) is 50.5 Å². The Bertz CT molecular complexity index is 1380. The van der Waals surface area contributed by atoms with Gasteiger partial charge >= 0.3 is 0 Å². The number of hydrogen-bond acceptors (Lipinski definition) is 7. The summed E-state index contributed by atoms with van der Waals surface area (Å²) in [6.45, 7) is 4.04. The van der Waals surface area contributed by atoms with Crippen LogP contribution in [-0.4, -0.2) is 25.9 Å². The van der Waals surface area contributed by atoms with Gasteiger partial charge in [-0.25, -0.2) is 9.97 Å². The fraction of sp³-hybridized carbons (Fsp3) is 0.0833. The molecular formula is C24H22N8. The maximum atomic E-state index is 4.78. The second-order valence-corrected chi connectivity index (χ2v) is 7.48. The molecule has 0 amide bonds. The molecule has 0 aliphatic carbocycles. The molecule has 0 radical (unpaired) electrons. The Hall–Kier alpha value is -4.46. The minimum absolute atomic E-state index is 0.655. The fourth-order valence-electron chi connectivity index (χ4n) is 3.47. The van der Waals surface area contributed by atoms with Crippen molar-refractivity contribution in [1.82, 2.24) is 31.0 Å². The molecule has 0 bridgehead atoms. The molecule has 1 aliphatic heterocycles. The Morgan fingerprint density at radius 3 is 2.84 bits per heavy atom. The van der Waals surface area contributed by atoms with Crippen molar-refractivity contribution in [2.75, 3.05) is 5.32 Å². The Morgan fingerprint density at radius 1 is 1.06 bits per heavy atom. The van der Waals surface area contributed by atoms with Gasteiger partial charge in [0.25, 0.3) is 0 Å². The van der Waals surface area contributed by atoms with Gasteiger partial charge in [0, 0.05) is 46.5 Å². The number of hydrazine groups is 1. The van der Waals surface area contributed by atoms with Crippen molar-refractivity contribution >= 4 is 33.8 Å². The molecular weight excluding hydrogens is 400 g/mol. The Balaban J connectivity index is 1.38. The SMILES string of the molecule is C/C(=N\c1ccc(-c2nccc(Nc3ccc4[nH]ncc4c3)n2)cc1C)C1=CNNC=C1. The molecule has 2 aromatic heterocycles. The zero-order valence-electron chi connectivity index (χ0n) is 17.7. The first-order valence-corrected chi connectivity index (χ1v) is 10.2. The van der Waals surface area contributed by atoms with Crippen LogP contribution in [0.5, 0.6) is 0 Å². The van der Waals surface area contributed by atoms with E-state index in [4.69, 9.17) is 9.98 Å². The quantitative estimate of drug-likeness (QED) is 0.349. The van der Waals surface area contributed by atoms with Gasteiger partial charge in [-0.3, -0.25) is 10.1 Å². The molecule has 0 spiro atoms. The van der Waals surface area contributed by atoms with Crippen LogP contribution in [0.4, 0.5) is 17.2 Å². The highest BCUT2D eigenvalue weighted by Crippen LogP contribution is 2.27. The molecule has 4 aromatic rings. The van der Waals surface area contributed by atoms with Gasteiger partial charge in [0.2, 0.25) is 0 Å². The highest BCUT2D eigenvalue weighted by Gasteiger charge is 2.08. The number of allylic oxidation sites excluding steroid dienone is 2. The van der Waals surface area contributed by atoms with E-state index in [-0.39, 0.29) is 0 Å². The number of rotatable bonds is 5. The van der Waals surface area contributed by atoms with E-state index in [1.54, 1.807) is 12.4 Å². The number of nitrogens with zero attached hydrogens (tertiary/aromatic N) is 4. The minimum atomic E-state index is 0.655. The first kappa shape index (κ1) is 19.5. The van der Waals surface area contributed by atoms with Gasteiger partial charge < -0.3 is 16.2 Å². The van der Waals surface area contributed by atoms with Gasteiger partial charge in [0.1, 0.15) is 5.82 Å². The summed E-state index contributed by atoms with van der Waals surface area (Å²) in [6.07, 6.45) is 9.27. The minimum Gasteiger partial charge on any atom is -0.340 e. The van der Waals surface area contributed by atoms with E-state index < -0.39 is 0 Å². The molecule has 4 N–H and O–H groups in total. The number of fused-ring (bicyclic) bond motifs is 1. The van der Waals surface area contributed by atoms with E-state index in [2.05, 4.69) is 37.4 Å². The summed E-state index contributed by atoms with van der Waals surface area (Å²) < 4.78 is 0. The summed E-state index contributed by atoms with van der Waals surface area (Å²) >= 11 is 0. The van der Waals surface area contributed by atoms with Crippen LogP contribution in [0.15, 0.2) is 83.9 Å². The number of aromatic amines is 1. The number of benzene rings is 2. The zero-order chi connectivity index (χ0) is 21.9. The second kappa shape index (κ2) is 8.35. The van der Waals surface area contributed by atoms with Crippen molar-refractivity contribution in [3.8, 4) is 11.4 Å². The molecule has 0 saturated heterocycles. The van der Waals surface area contributed by atoms with E-state index in [9.17, 15) is 0 Å². The first-order chi connectivity index (χ1) is 15.7. The number of aryl methyl sites for hydroxylation is 1. The van der Waals surface area contributed by atoms with Gasteiger partial charge in [-0.1, -0.05) is 0 Å². The van der Waals surface area contributed by atoms with Gasteiger partial charge in [0.05, 0.1) is 17.4 Å². The lowest BCUT2D eigenvalue weighted by Gasteiger charge is -2.11. The predicted octanol–water partition coefficient (Wildman–Crippen LogP) is 4.67. The highest BCUT2D eigenvalue weighted by molar-refractivity contribution is 6.02. The number of H-pyrrole nitrogens is 1. The van der Waals surface area contributed by atoms with Crippen molar-refractivity contribution in [2.45, 2.75) is 13.8 Å². The van der Waals surface area contributed by atoms with Gasteiger partial charge in [-0.15, -0.1) is 0 Å². The zero-order valence-corrected chi connectivity index (χ0v) is 17.7. The van der Waals surface area contributed by atoms with Crippen molar-refractivity contribution in [3.63, 3.8) is 0 Å². The lowest BCUT2D eigenvalue weighted by Crippen LogP contribution is -2.24. The Kier molecular flexibility index (Phi) is 5.09. The average molecular weight is 422 g/mol. The molecule has 0 unspecified atom stereocenters. The molecule has 8 heteroatoms. The molecule has 2 aromatic carbocycles. The maximum absolute atomic E-state index is 4.78. The normalized spacial score (nSPS) is 13.4. The average Bonchev–Trinajstić information content (AvgIpc) is 3.29. The molecule has 3 heterocycles. The lowest BCUT2D eigenvalue weighted by atomic mass is 10.1. The third kappa shape index (κ3) is 4.06. The molecule has 0 atom stereocenters.